The molecule has 158 valence electrons. The van der Waals surface area contributed by atoms with Crippen LogP contribution in [0.15, 0.2) is 85.2 Å². The Labute approximate surface area is 187 Å². The highest BCUT2D eigenvalue weighted by molar-refractivity contribution is 6.30. The first-order valence-electron chi connectivity index (χ1n) is 9.79. The Bertz CT molecular complexity index is 1110. The molecule has 0 bridgehead atoms. The molecular formula is C25H24ClN3O2. The number of carbonyl (C=O) groups is 1. The van der Waals surface area contributed by atoms with E-state index in [0.717, 1.165) is 16.8 Å². The zero-order valence-electron chi connectivity index (χ0n) is 17.5. The lowest BCUT2D eigenvalue weighted by atomic mass is 10.1. The number of benzene rings is 2. The Morgan fingerprint density at radius 2 is 1.97 bits per heavy atom. The molecule has 0 aliphatic rings. The first kappa shape index (κ1) is 22.1. The molecular weight excluding hydrogens is 410 g/mol. The van der Waals surface area contributed by atoms with E-state index >= 15 is 0 Å². The van der Waals surface area contributed by atoms with Crippen LogP contribution >= 0.6 is 11.6 Å². The minimum absolute atomic E-state index is 0.167. The summed E-state index contributed by atoms with van der Waals surface area (Å²) in [5, 5.41) is 6.78. The number of allylic oxidation sites excluding steroid dienone is 3. The van der Waals surface area contributed by atoms with Gasteiger partial charge in [-0.15, -0.1) is 0 Å². The van der Waals surface area contributed by atoms with Crippen molar-refractivity contribution in [3.05, 3.63) is 107 Å². The molecule has 0 spiro atoms. The van der Waals surface area contributed by atoms with Crippen LogP contribution in [0.1, 0.15) is 28.4 Å². The Morgan fingerprint density at radius 3 is 2.71 bits per heavy atom. The summed E-state index contributed by atoms with van der Waals surface area (Å²) < 4.78 is 6.04. The number of halogens is 1. The van der Waals surface area contributed by atoms with Gasteiger partial charge in [-0.05, 0) is 55.8 Å². The molecule has 3 aromatic rings. The van der Waals surface area contributed by atoms with Crippen LogP contribution in [0.25, 0.3) is 0 Å². The third-order valence-electron chi connectivity index (χ3n) is 4.55. The highest BCUT2D eigenvalue weighted by Crippen LogP contribution is 2.28. The predicted molar refractivity (Wildman–Crippen MR) is 126 cm³/mol. The molecule has 1 aromatic heterocycles. The van der Waals surface area contributed by atoms with Crippen molar-refractivity contribution in [1.29, 1.82) is 0 Å². The fraction of sp³-hybridized carbons (Fsp3) is 0.120. The summed E-state index contributed by atoms with van der Waals surface area (Å²) in [6.45, 7) is 7.89. The number of pyridine rings is 1. The van der Waals surface area contributed by atoms with Gasteiger partial charge in [0.2, 0.25) is 0 Å². The average Bonchev–Trinajstić information content (AvgIpc) is 2.75. The minimum Gasteiger partial charge on any atom is -0.457 e. The van der Waals surface area contributed by atoms with Crippen molar-refractivity contribution in [2.24, 2.45) is 0 Å². The van der Waals surface area contributed by atoms with Gasteiger partial charge in [-0.2, -0.15) is 0 Å². The van der Waals surface area contributed by atoms with Crippen LogP contribution in [0, 0.1) is 6.92 Å². The number of carbonyl (C=O) groups excluding carboxylic acids is 1. The molecule has 31 heavy (non-hydrogen) atoms. The molecule has 1 heterocycles. The van der Waals surface area contributed by atoms with Gasteiger partial charge in [0.05, 0.1) is 0 Å². The van der Waals surface area contributed by atoms with Crippen molar-refractivity contribution in [1.82, 2.24) is 10.3 Å². The summed E-state index contributed by atoms with van der Waals surface area (Å²) in [5.41, 5.74) is 3.20. The molecule has 0 aliphatic heterocycles. The van der Waals surface area contributed by atoms with Crippen molar-refractivity contribution in [2.75, 3.05) is 5.32 Å². The molecule has 6 heteroatoms. The number of ether oxygens (including phenoxy) is 1. The molecule has 0 radical (unpaired) electrons. The lowest BCUT2D eigenvalue weighted by molar-refractivity contribution is 0.0950. The predicted octanol–water partition coefficient (Wildman–Crippen LogP) is 6.27. The van der Waals surface area contributed by atoms with E-state index in [4.69, 9.17) is 16.3 Å². The molecule has 0 aliphatic carbocycles. The average molecular weight is 434 g/mol. The molecule has 0 unspecified atom stereocenters. The molecule has 0 fully saturated rings. The van der Waals surface area contributed by atoms with Gasteiger partial charge < -0.3 is 15.4 Å². The topological polar surface area (TPSA) is 63.2 Å². The van der Waals surface area contributed by atoms with Crippen LogP contribution in [0.5, 0.6) is 11.5 Å². The molecule has 3 rings (SSSR count). The second kappa shape index (κ2) is 10.5. The number of amides is 1. The van der Waals surface area contributed by atoms with E-state index in [1.807, 2.05) is 38.1 Å². The monoisotopic (exact) mass is 433 g/mol. The highest BCUT2D eigenvalue weighted by atomic mass is 35.5. The van der Waals surface area contributed by atoms with Gasteiger partial charge in [0, 0.05) is 40.7 Å². The molecule has 5 nitrogen and oxygen atoms in total. The standard InChI is InChI=1S/C25H24ClN3O2/c1-4-6-17(2)29-24-15-21(13-14-27-24)31-23-8-5-7-22(18(23)3)25(30)28-16-19-9-11-20(26)12-10-19/h4-15H,1,16H2,2-3H3,(H,27,29)(H,28,30)/b17-6+. The van der Waals surface area contributed by atoms with Gasteiger partial charge >= 0.3 is 0 Å². The SMILES string of the molecule is C=C/C=C(\C)Nc1cc(Oc2cccc(C(=O)NCc3ccc(Cl)cc3)c2C)ccn1. The number of hydrogen-bond acceptors (Lipinski definition) is 4. The Morgan fingerprint density at radius 1 is 1.19 bits per heavy atom. The number of anilines is 1. The maximum atomic E-state index is 12.7. The number of rotatable bonds is 8. The number of nitrogens with one attached hydrogen (secondary N) is 2. The first-order chi connectivity index (χ1) is 15.0. The smallest absolute Gasteiger partial charge is 0.251 e. The fourth-order valence-corrected chi connectivity index (χ4v) is 3.07. The Hall–Kier alpha value is -3.57. The van der Waals surface area contributed by atoms with Gasteiger partial charge in [0.15, 0.2) is 0 Å². The lowest BCUT2D eigenvalue weighted by Crippen LogP contribution is -2.23. The zero-order chi connectivity index (χ0) is 22.2. The fourth-order valence-electron chi connectivity index (χ4n) is 2.94. The largest absolute Gasteiger partial charge is 0.457 e. The Kier molecular flexibility index (Phi) is 7.46. The van der Waals surface area contributed by atoms with Gasteiger partial charge in [0.25, 0.3) is 5.91 Å². The molecule has 0 atom stereocenters. The van der Waals surface area contributed by atoms with Crippen LogP contribution in [0.2, 0.25) is 5.02 Å². The summed E-state index contributed by atoms with van der Waals surface area (Å²) in [7, 11) is 0. The van der Waals surface area contributed by atoms with Crippen molar-refractivity contribution < 1.29 is 9.53 Å². The van der Waals surface area contributed by atoms with Gasteiger partial charge in [0.1, 0.15) is 17.3 Å². The summed E-state index contributed by atoms with van der Waals surface area (Å²) in [6, 6.07) is 16.4. The van der Waals surface area contributed by atoms with Crippen LogP contribution in [-0.2, 0) is 6.54 Å². The summed E-state index contributed by atoms with van der Waals surface area (Å²) in [6.07, 6.45) is 5.22. The summed E-state index contributed by atoms with van der Waals surface area (Å²) >= 11 is 5.91. The molecule has 0 saturated carbocycles. The third kappa shape index (κ3) is 6.20. The van der Waals surface area contributed by atoms with Crippen molar-refractivity contribution in [3.63, 3.8) is 0 Å². The normalized spacial score (nSPS) is 11.0. The van der Waals surface area contributed by atoms with E-state index in [1.54, 1.807) is 48.7 Å². The van der Waals surface area contributed by atoms with Crippen LogP contribution in [0.4, 0.5) is 5.82 Å². The first-order valence-corrected chi connectivity index (χ1v) is 10.2. The summed E-state index contributed by atoms with van der Waals surface area (Å²) in [5.74, 6) is 1.71. The lowest BCUT2D eigenvalue weighted by Gasteiger charge is -2.13. The van der Waals surface area contributed by atoms with Gasteiger partial charge in [-0.3, -0.25) is 4.79 Å². The van der Waals surface area contributed by atoms with Crippen LogP contribution in [0.3, 0.4) is 0 Å². The van der Waals surface area contributed by atoms with Crippen LogP contribution in [-0.4, -0.2) is 10.9 Å². The van der Waals surface area contributed by atoms with E-state index in [0.29, 0.717) is 34.4 Å². The number of nitrogens with zero attached hydrogens (tertiary/aromatic N) is 1. The van der Waals surface area contributed by atoms with Crippen LogP contribution < -0.4 is 15.4 Å². The third-order valence-corrected chi connectivity index (χ3v) is 4.80. The van der Waals surface area contributed by atoms with E-state index in [9.17, 15) is 4.79 Å². The number of aromatic nitrogens is 1. The molecule has 0 saturated heterocycles. The second-order valence-corrected chi connectivity index (χ2v) is 7.36. The molecule has 2 aromatic carbocycles. The highest BCUT2D eigenvalue weighted by Gasteiger charge is 2.13. The molecule has 1 amide bonds. The molecule has 2 N–H and O–H groups in total. The maximum Gasteiger partial charge on any atom is 0.251 e. The van der Waals surface area contributed by atoms with Crippen molar-refractivity contribution in [3.8, 4) is 11.5 Å². The van der Waals surface area contributed by atoms with Crippen molar-refractivity contribution >= 4 is 23.3 Å². The quantitative estimate of drug-likeness (QED) is 0.411. The van der Waals surface area contributed by atoms with Gasteiger partial charge in [-0.25, -0.2) is 4.98 Å². The maximum absolute atomic E-state index is 12.7. The summed E-state index contributed by atoms with van der Waals surface area (Å²) in [4.78, 5) is 17.0. The van der Waals surface area contributed by atoms with E-state index in [2.05, 4.69) is 22.2 Å². The van der Waals surface area contributed by atoms with Gasteiger partial charge in [-0.1, -0.05) is 42.5 Å². The van der Waals surface area contributed by atoms with Crippen molar-refractivity contribution in [2.45, 2.75) is 20.4 Å². The Balaban J connectivity index is 1.71. The number of hydrogen-bond donors (Lipinski definition) is 2. The van der Waals surface area contributed by atoms with E-state index in [-0.39, 0.29) is 5.91 Å². The van der Waals surface area contributed by atoms with E-state index < -0.39 is 0 Å². The minimum atomic E-state index is -0.167. The second-order valence-electron chi connectivity index (χ2n) is 6.93. The zero-order valence-corrected chi connectivity index (χ0v) is 18.2. The van der Waals surface area contributed by atoms with E-state index in [1.165, 1.54) is 0 Å².